The average Bonchev–Trinajstić information content (AvgIpc) is 2.63. The Morgan fingerprint density at radius 1 is 1.08 bits per heavy atom. The Morgan fingerprint density at radius 3 is 2.46 bits per heavy atom. The molecule has 1 unspecified atom stereocenters. The fourth-order valence-electron chi connectivity index (χ4n) is 3.77. The number of hydrogen-bond donors (Lipinski definition) is 0. The number of rotatable bonds is 5. The van der Waals surface area contributed by atoms with E-state index in [2.05, 4.69) is 54.3 Å². The lowest BCUT2D eigenvalue weighted by atomic mass is 9.76. The molecule has 0 amide bonds. The molecule has 1 atom stereocenters. The highest BCUT2D eigenvalue weighted by molar-refractivity contribution is 5.96. The van der Waals surface area contributed by atoms with E-state index in [0.717, 1.165) is 25.1 Å². The number of nitrogens with zero attached hydrogens (tertiary/aromatic N) is 1. The SMILES string of the molecule is CCCC(=O)c1ccc(N2CCCC(C)(c3ccccc3)C2)cc1. The molecule has 126 valence electrons. The van der Waals surface area contributed by atoms with E-state index in [0.29, 0.717) is 6.42 Å². The van der Waals surface area contributed by atoms with Crippen LogP contribution in [0.1, 0.15) is 55.5 Å². The smallest absolute Gasteiger partial charge is 0.162 e. The third-order valence-electron chi connectivity index (χ3n) is 5.20. The molecule has 2 aromatic rings. The van der Waals surface area contributed by atoms with Crippen molar-refractivity contribution in [2.75, 3.05) is 18.0 Å². The van der Waals surface area contributed by atoms with Crippen molar-refractivity contribution in [1.82, 2.24) is 0 Å². The van der Waals surface area contributed by atoms with E-state index in [1.807, 2.05) is 19.1 Å². The minimum Gasteiger partial charge on any atom is -0.371 e. The highest BCUT2D eigenvalue weighted by Gasteiger charge is 2.32. The fraction of sp³-hybridized carbons (Fsp3) is 0.409. The van der Waals surface area contributed by atoms with Gasteiger partial charge in [0, 0.05) is 36.2 Å². The van der Waals surface area contributed by atoms with Crippen LogP contribution in [0, 0.1) is 0 Å². The lowest BCUT2D eigenvalue weighted by Gasteiger charge is -2.42. The van der Waals surface area contributed by atoms with Gasteiger partial charge in [-0.2, -0.15) is 0 Å². The second-order valence-electron chi connectivity index (χ2n) is 7.17. The number of Topliss-reactive ketones (excluding diaryl/α,β-unsaturated/α-hetero) is 1. The fourth-order valence-corrected chi connectivity index (χ4v) is 3.77. The maximum absolute atomic E-state index is 12.0. The number of carbonyl (C=O) groups is 1. The topological polar surface area (TPSA) is 20.3 Å². The molecule has 24 heavy (non-hydrogen) atoms. The van der Waals surface area contributed by atoms with E-state index in [9.17, 15) is 4.79 Å². The number of hydrogen-bond acceptors (Lipinski definition) is 2. The van der Waals surface area contributed by atoms with Gasteiger partial charge in [0.15, 0.2) is 5.78 Å². The molecule has 0 radical (unpaired) electrons. The number of piperidine rings is 1. The van der Waals surface area contributed by atoms with Gasteiger partial charge in [-0.3, -0.25) is 4.79 Å². The van der Waals surface area contributed by atoms with Crippen LogP contribution in [0.4, 0.5) is 5.69 Å². The first-order valence-corrected chi connectivity index (χ1v) is 9.06. The van der Waals surface area contributed by atoms with Crippen LogP contribution in [0.15, 0.2) is 54.6 Å². The molecular formula is C22H27NO. The summed E-state index contributed by atoms with van der Waals surface area (Å²) >= 11 is 0. The van der Waals surface area contributed by atoms with E-state index in [1.165, 1.54) is 24.1 Å². The highest BCUT2D eigenvalue weighted by Crippen LogP contribution is 2.35. The van der Waals surface area contributed by atoms with Crippen molar-refractivity contribution in [2.45, 2.75) is 44.9 Å². The summed E-state index contributed by atoms with van der Waals surface area (Å²) in [5.74, 6) is 0.247. The summed E-state index contributed by atoms with van der Waals surface area (Å²) in [6, 6.07) is 19.0. The first-order valence-electron chi connectivity index (χ1n) is 9.06. The largest absolute Gasteiger partial charge is 0.371 e. The van der Waals surface area contributed by atoms with E-state index >= 15 is 0 Å². The van der Waals surface area contributed by atoms with Gasteiger partial charge in [-0.15, -0.1) is 0 Å². The minimum atomic E-state index is 0.191. The van der Waals surface area contributed by atoms with Crippen molar-refractivity contribution >= 4 is 11.5 Å². The monoisotopic (exact) mass is 321 g/mol. The molecule has 2 aromatic carbocycles. The van der Waals surface area contributed by atoms with Crippen molar-refractivity contribution in [3.8, 4) is 0 Å². The molecule has 1 saturated heterocycles. The molecule has 3 rings (SSSR count). The van der Waals surface area contributed by atoms with Gasteiger partial charge < -0.3 is 4.90 Å². The predicted octanol–water partition coefficient (Wildman–Crippen LogP) is 5.23. The van der Waals surface area contributed by atoms with Gasteiger partial charge in [-0.25, -0.2) is 0 Å². The zero-order chi connectivity index (χ0) is 17.0. The first kappa shape index (κ1) is 16.8. The summed E-state index contributed by atoms with van der Waals surface area (Å²) in [7, 11) is 0. The summed E-state index contributed by atoms with van der Waals surface area (Å²) < 4.78 is 0. The summed E-state index contributed by atoms with van der Waals surface area (Å²) in [4.78, 5) is 14.5. The molecular weight excluding hydrogens is 294 g/mol. The van der Waals surface area contributed by atoms with Crippen LogP contribution in [0.2, 0.25) is 0 Å². The summed E-state index contributed by atoms with van der Waals surface area (Å²) in [6.45, 7) is 6.53. The van der Waals surface area contributed by atoms with Crippen molar-refractivity contribution in [1.29, 1.82) is 0 Å². The highest BCUT2D eigenvalue weighted by atomic mass is 16.1. The third-order valence-corrected chi connectivity index (χ3v) is 5.20. The molecule has 0 saturated carbocycles. The van der Waals surface area contributed by atoms with Crippen LogP contribution >= 0.6 is 0 Å². The molecule has 2 nitrogen and oxygen atoms in total. The van der Waals surface area contributed by atoms with Crippen LogP contribution in [-0.4, -0.2) is 18.9 Å². The first-order chi connectivity index (χ1) is 11.6. The quantitative estimate of drug-likeness (QED) is 0.703. The Bertz CT molecular complexity index is 677. The Morgan fingerprint density at radius 2 is 1.79 bits per heavy atom. The van der Waals surface area contributed by atoms with Crippen molar-refractivity contribution in [3.05, 3.63) is 65.7 Å². The van der Waals surface area contributed by atoms with Gasteiger partial charge in [-0.1, -0.05) is 44.2 Å². The Hall–Kier alpha value is -2.09. The van der Waals surface area contributed by atoms with Gasteiger partial charge in [0.25, 0.3) is 0 Å². The van der Waals surface area contributed by atoms with Crippen molar-refractivity contribution < 1.29 is 4.79 Å². The number of carbonyl (C=O) groups excluding carboxylic acids is 1. The van der Waals surface area contributed by atoms with E-state index in [4.69, 9.17) is 0 Å². The predicted molar refractivity (Wildman–Crippen MR) is 101 cm³/mol. The standard InChI is InChI=1S/C22H27NO/c1-3-8-21(24)18-11-13-20(14-12-18)23-16-7-15-22(2,17-23)19-9-5-4-6-10-19/h4-6,9-14H,3,7-8,15-17H2,1-2H3. The molecule has 2 heteroatoms. The summed E-state index contributed by atoms with van der Waals surface area (Å²) in [5, 5.41) is 0. The third kappa shape index (κ3) is 3.53. The van der Waals surface area contributed by atoms with Gasteiger partial charge in [0.1, 0.15) is 0 Å². The second-order valence-corrected chi connectivity index (χ2v) is 7.17. The maximum atomic E-state index is 12.0. The number of anilines is 1. The number of ketones is 1. The van der Waals surface area contributed by atoms with Crippen LogP contribution < -0.4 is 4.90 Å². The molecule has 0 bridgehead atoms. The molecule has 0 aliphatic carbocycles. The molecule has 1 fully saturated rings. The molecule has 1 heterocycles. The summed E-state index contributed by atoms with van der Waals surface area (Å²) in [5.41, 5.74) is 3.67. The minimum absolute atomic E-state index is 0.191. The van der Waals surface area contributed by atoms with Crippen LogP contribution in [0.25, 0.3) is 0 Å². The Kier molecular flexibility index (Phi) is 5.03. The van der Waals surface area contributed by atoms with E-state index in [1.54, 1.807) is 0 Å². The lowest BCUT2D eigenvalue weighted by molar-refractivity contribution is 0.0982. The molecule has 0 N–H and O–H groups in total. The zero-order valence-electron chi connectivity index (χ0n) is 14.8. The van der Waals surface area contributed by atoms with E-state index < -0.39 is 0 Å². The second kappa shape index (κ2) is 7.21. The van der Waals surface area contributed by atoms with Gasteiger partial charge >= 0.3 is 0 Å². The van der Waals surface area contributed by atoms with Crippen LogP contribution in [0.5, 0.6) is 0 Å². The Balaban J connectivity index is 1.76. The normalized spacial score (nSPS) is 20.8. The van der Waals surface area contributed by atoms with Gasteiger partial charge in [0.2, 0.25) is 0 Å². The summed E-state index contributed by atoms with van der Waals surface area (Å²) in [6.07, 6.45) is 3.96. The zero-order valence-corrected chi connectivity index (χ0v) is 14.8. The van der Waals surface area contributed by atoms with Crippen LogP contribution in [-0.2, 0) is 5.41 Å². The van der Waals surface area contributed by atoms with Crippen molar-refractivity contribution in [3.63, 3.8) is 0 Å². The molecule has 0 spiro atoms. The molecule has 1 aliphatic heterocycles. The lowest BCUT2D eigenvalue weighted by Crippen LogP contribution is -2.44. The maximum Gasteiger partial charge on any atom is 0.162 e. The Labute approximate surface area is 145 Å². The van der Waals surface area contributed by atoms with Crippen molar-refractivity contribution in [2.24, 2.45) is 0 Å². The molecule has 0 aromatic heterocycles. The molecule has 1 aliphatic rings. The van der Waals surface area contributed by atoms with Gasteiger partial charge in [-0.05, 0) is 49.1 Å². The van der Waals surface area contributed by atoms with Gasteiger partial charge in [0.05, 0.1) is 0 Å². The number of benzene rings is 2. The average molecular weight is 321 g/mol. The van der Waals surface area contributed by atoms with Crippen LogP contribution in [0.3, 0.4) is 0 Å². The van der Waals surface area contributed by atoms with E-state index in [-0.39, 0.29) is 11.2 Å².